The fraction of sp³-hybridized carbons (Fsp3) is 0.333. The van der Waals surface area contributed by atoms with Crippen molar-refractivity contribution in [3.63, 3.8) is 0 Å². The van der Waals surface area contributed by atoms with Crippen molar-refractivity contribution < 1.29 is 23.4 Å². The van der Waals surface area contributed by atoms with Gasteiger partial charge in [0.25, 0.3) is 0 Å². The van der Waals surface area contributed by atoms with Crippen molar-refractivity contribution in [1.82, 2.24) is 14.8 Å². The molecule has 2 atom stereocenters. The van der Waals surface area contributed by atoms with Gasteiger partial charge in [-0.1, -0.05) is 18.2 Å². The Labute approximate surface area is 227 Å². The Morgan fingerprint density at radius 1 is 1.18 bits per heavy atom. The predicted molar refractivity (Wildman–Crippen MR) is 152 cm³/mol. The van der Waals surface area contributed by atoms with Crippen LogP contribution in [0.5, 0.6) is 0 Å². The molecule has 1 aromatic heterocycles. The molecular weight excluding hydrogens is 520 g/mol. The molecule has 0 saturated heterocycles. The van der Waals surface area contributed by atoms with Crippen LogP contribution in [-0.4, -0.2) is 77.5 Å². The Hall–Kier alpha value is -3.87. The maximum atomic E-state index is 12.1. The number of aliphatic hydroxyl groups is 1. The third-order valence-corrected chi connectivity index (χ3v) is 7.09. The number of nitrogens with two attached hydrogens (primary N) is 1. The molecule has 4 rings (SSSR count). The monoisotopic (exact) mass is 554 g/mol. The first-order chi connectivity index (χ1) is 18.5. The second-order valence-electron chi connectivity index (χ2n) is 9.81. The Balaban J connectivity index is 1.45. The number of carbonyl (C=O) groups is 1. The fourth-order valence-electron chi connectivity index (χ4n) is 4.45. The Morgan fingerprint density at radius 3 is 2.67 bits per heavy atom. The van der Waals surface area contributed by atoms with E-state index >= 15 is 0 Å². The van der Waals surface area contributed by atoms with Crippen molar-refractivity contribution in [2.75, 3.05) is 30.7 Å². The summed E-state index contributed by atoms with van der Waals surface area (Å²) in [5.41, 5.74) is 9.11. The summed E-state index contributed by atoms with van der Waals surface area (Å²) in [6.45, 7) is 2.99. The zero-order chi connectivity index (χ0) is 28.2. The maximum Gasteiger partial charge on any atom is 0.352 e. The van der Waals surface area contributed by atoms with Crippen LogP contribution in [0.15, 0.2) is 65.8 Å². The molecule has 2 unspecified atom stereocenters. The summed E-state index contributed by atoms with van der Waals surface area (Å²) in [7, 11) is -3.18. The topological polar surface area (TPSA) is 162 Å². The van der Waals surface area contributed by atoms with E-state index in [4.69, 9.17) is 5.73 Å². The highest BCUT2D eigenvalue weighted by molar-refractivity contribution is 7.90. The first-order valence-electron chi connectivity index (χ1n) is 12.5. The lowest BCUT2D eigenvalue weighted by Gasteiger charge is -2.28. The number of aliphatic hydroxyl groups excluding tert-OH is 1. The lowest BCUT2D eigenvalue weighted by Crippen LogP contribution is -2.44. The lowest BCUT2D eigenvalue weighted by molar-refractivity contribution is 0.0375. The fourth-order valence-corrected chi connectivity index (χ4v) is 4.88. The lowest BCUT2D eigenvalue weighted by atomic mass is 10.1. The molecule has 208 valence electrons. The number of amidine groups is 1. The zero-order valence-corrected chi connectivity index (χ0v) is 22.7. The molecule has 2 aromatic carbocycles. The van der Waals surface area contributed by atoms with Gasteiger partial charge in [-0.2, -0.15) is 0 Å². The number of nitrogens with one attached hydrogen (secondary N) is 2. The van der Waals surface area contributed by atoms with Gasteiger partial charge in [0.15, 0.2) is 9.84 Å². The molecule has 0 bridgehead atoms. The molecule has 0 radical (unpaired) electrons. The summed E-state index contributed by atoms with van der Waals surface area (Å²) in [5, 5.41) is 27.3. The SMILES string of the molecule is CC(Cc1ccc2c(c1)cc(C(=O)O)n2Cc1cccc(NCS(C)(=O)=O)c1)NCC(O)N1C=CC(N)=NC1. The van der Waals surface area contributed by atoms with Crippen LogP contribution >= 0.6 is 0 Å². The Morgan fingerprint density at radius 2 is 1.97 bits per heavy atom. The summed E-state index contributed by atoms with van der Waals surface area (Å²) in [5.74, 6) is -0.775. The highest BCUT2D eigenvalue weighted by Crippen LogP contribution is 2.24. The summed E-state index contributed by atoms with van der Waals surface area (Å²) in [6.07, 6.45) is 4.47. The van der Waals surface area contributed by atoms with Crippen LogP contribution in [0.25, 0.3) is 10.9 Å². The number of aromatic nitrogens is 1. The third-order valence-electron chi connectivity index (χ3n) is 6.42. The number of hydrogen-bond donors (Lipinski definition) is 5. The van der Waals surface area contributed by atoms with Crippen LogP contribution in [0.4, 0.5) is 5.69 Å². The summed E-state index contributed by atoms with van der Waals surface area (Å²) in [6, 6.07) is 14.9. The van der Waals surface area contributed by atoms with Crippen molar-refractivity contribution in [3.8, 4) is 0 Å². The predicted octanol–water partition coefficient (Wildman–Crippen LogP) is 1.78. The molecule has 12 heteroatoms. The van der Waals surface area contributed by atoms with Crippen molar-refractivity contribution >= 4 is 38.2 Å². The second kappa shape index (κ2) is 11.9. The largest absolute Gasteiger partial charge is 0.477 e. The molecule has 0 spiro atoms. The van der Waals surface area contributed by atoms with Crippen molar-refractivity contribution in [1.29, 1.82) is 0 Å². The average Bonchev–Trinajstić information content (AvgIpc) is 3.24. The van der Waals surface area contributed by atoms with Crippen LogP contribution in [0.3, 0.4) is 0 Å². The zero-order valence-electron chi connectivity index (χ0n) is 21.9. The van der Waals surface area contributed by atoms with Gasteiger partial charge in [0, 0.05) is 48.2 Å². The number of fused-ring (bicyclic) bond motifs is 1. The minimum atomic E-state index is -3.18. The Kier molecular flexibility index (Phi) is 8.58. The van der Waals surface area contributed by atoms with E-state index in [2.05, 4.69) is 15.6 Å². The normalized spacial score (nSPS) is 15.3. The summed E-state index contributed by atoms with van der Waals surface area (Å²) in [4.78, 5) is 17.9. The number of sulfone groups is 1. The number of aliphatic imine (C=N–C) groups is 1. The summed E-state index contributed by atoms with van der Waals surface area (Å²) < 4.78 is 24.7. The smallest absolute Gasteiger partial charge is 0.352 e. The molecule has 6 N–H and O–H groups in total. The van der Waals surface area contributed by atoms with Gasteiger partial charge in [-0.15, -0.1) is 0 Å². The molecule has 1 aliphatic rings. The molecule has 0 fully saturated rings. The van der Waals surface area contributed by atoms with E-state index in [0.717, 1.165) is 28.3 Å². The number of carboxylic acids is 1. The van der Waals surface area contributed by atoms with Gasteiger partial charge in [-0.3, -0.25) is 0 Å². The Bertz CT molecular complexity index is 1510. The molecule has 11 nitrogen and oxygen atoms in total. The maximum absolute atomic E-state index is 12.1. The van der Waals surface area contributed by atoms with Gasteiger partial charge in [0.05, 0.1) is 0 Å². The number of benzene rings is 2. The van der Waals surface area contributed by atoms with Crippen LogP contribution in [-0.2, 0) is 22.8 Å². The number of anilines is 1. The first kappa shape index (κ1) is 28.1. The second-order valence-corrected chi connectivity index (χ2v) is 11.9. The number of aromatic carboxylic acids is 1. The molecule has 2 heterocycles. The van der Waals surface area contributed by atoms with Gasteiger partial charge in [-0.05, 0) is 60.9 Å². The molecule has 0 amide bonds. The van der Waals surface area contributed by atoms with Gasteiger partial charge in [0.1, 0.15) is 30.3 Å². The molecule has 3 aromatic rings. The number of hydrogen-bond acceptors (Lipinski definition) is 9. The molecular formula is C27H34N6O5S. The standard InChI is InChI=1S/C27H34N6O5S/c1-18(29-14-26(34)32-9-8-25(28)30-16-32)10-19-6-7-23-21(11-19)13-24(27(35)36)33(23)15-20-4-3-5-22(12-20)31-17-39(2,37)38/h3-9,11-13,18,26,29,31,34H,10,14-17H2,1-2H3,(H2,28,30)(H,35,36). The average molecular weight is 555 g/mol. The summed E-state index contributed by atoms with van der Waals surface area (Å²) >= 11 is 0. The van der Waals surface area contributed by atoms with E-state index in [1.165, 1.54) is 0 Å². The highest BCUT2D eigenvalue weighted by atomic mass is 32.2. The van der Waals surface area contributed by atoms with Gasteiger partial charge < -0.3 is 36.0 Å². The number of nitrogens with zero attached hydrogens (tertiary/aromatic N) is 3. The van der Waals surface area contributed by atoms with Crippen LogP contribution in [0, 0.1) is 0 Å². The highest BCUT2D eigenvalue weighted by Gasteiger charge is 2.18. The van der Waals surface area contributed by atoms with Gasteiger partial charge in [0.2, 0.25) is 0 Å². The van der Waals surface area contributed by atoms with E-state index in [9.17, 15) is 23.4 Å². The molecule has 0 saturated carbocycles. The minimum Gasteiger partial charge on any atom is -0.477 e. The van der Waals surface area contributed by atoms with E-state index in [1.54, 1.807) is 39.9 Å². The van der Waals surface area contributed by atoms with E-state index in [1.807, 2.05) is 37.3 Å². The van der Waals surface area contributed by atoms with E-state index < -0.39 is 22.0 Å². The van der Waals surface area contributed by atoms with Crippen LogP contribution < -0.4 is 16.4 Å². The van der Waals surface area contributed by atoms with Gasteiger partial charge in [-0.25, -0.2) is 18.2 Å². The third kappa shape index (κ3) is 7.59. The number of carboxylic acid groups (broad SMARTS) is 1. The first-order valence-corrected chi connectivity index (χ1v) is 14.6. The van der Waals surface area contributed by atoms with E-state index in [0.29, 0.717) is 37.7 Å². The number of rotatable bonds is 12. The minimum absolute atomic E-state index is 0.0580. The van der Waals surface area contributed by atoms with Gasteiger partial charge >= 0.3 is 5.97 Å². The molecule has 0 aliphatic carbocycles. The molecule has 1 aliphatic heterocycles. The van der Waals surface area contributed by atoms with Crippen molar-refractivity contribution in [3.05, 3.63) is 77.6 Å². The quantitative estimate of drug-likeness (QED) is 0.225. The molecule has 39 heavy (non-hydrogen) atoms. The van der Waals surface area contributed by atoms with Crippen molar-refractivity contribution in [2.24, 2.45) is 10.7 Å². The van der Waals surface area contributed by atoms with Crippen LogP contribution in [0.1, 0.15) is 28.5 Å². The van der Waals surface area contributed by atoms with Crippen molar-refractivity contribution in [2.45, 2.75) is 32.2 Å². The van der Waals surface area contributed by atoms with E-state index in [-0.39, 0.29) is 17.6 Å². The van der Waals surface area contributed by atoms with Crippen LogP contribution in [0.2, 0.25) is 0 Å².